The van der Waals surface area contributed by atoms with Crippen molar-refractivity contribution < 1.29 is 10.1 Å². The van der Waals surface area contributed by atoms with Gasteiger partial charge in [-0.2, -0.15) is 0 Å². The van der Waals surface area contributed by atoms with Crippen molar-refractivity contribution in [1.82, 2.24) is 0 Å². The Kier molecular flexibility index (Phi) is 5.92. The van der Waals surface area contributed by atoms with Crippen molar-refractivity contribution in [2.45, 2.75) is 5.41 Å². The Morgan fingerprint density at radius 1 is 0.535 bits per heavy atom. The minimum atomic E-state index is -0.486. The van der Waals surface area contributed by atoms with E-state index in [9.17, 15) is 0 Å². The van der Waals surface area contributed by atoms with Crippen LogP contribution in [0.3, 0.4) is 0 Å². The van der Waals surface area contributed by atoms with Crippen LogP contribution in [-0.4, -0.2) is 10.1 Å². The summed E-state index contributed by atoms with van der Waals surface area (Å²) in [6.45, 7) is 0. The van der Waals surface area contributed by atoms with Gasteiger partial charge in [0, 0.05) is 22.3 Å². The SMILES string of the molecule is N=C(SC(=[NH2+])c1ccc(-c2cccc3c2Oc2ccccc2C32c3ccccc3-c3ccccc32)cc1)c1ccccc1. The molecule has 1 aliphatic carbocycles. The number of hydrogen-bond acceptors (Lipinski definition) is 3. The van der Waals surface area contributed by atoms with Crippen LogP contribution in [0, 0.1) is 5.41 Å². The number of fused-ring (bicyclic) bond motifs is 9. The van der Waals surface area contributed by atoms with E-state index < -0.39 is 5.41 Å². The van der Waals surface area contributed by atoms with E-state index >= 15 is 0 Å². The Morgan fingerprint density at radius 3 is 1.79 bits per heavy atom. The fourth-order valence-electron chi connectivity index (χ4n) is 6.74. The van der Waals surface area contributed by atoms with E-state index in [4.69, 9.17) is 15.6 Å². The lowest BCUT2D eigenvalue weighted by Gasteiger charge is -2.40. The molecule has 0 saturated carbocycles. The van der Waals surface area contributed by atoms with Gasteiger partial charge >= 0.3 is 0 Å². The topological polar surface area (TPSA) is 58.7 Å². The molecule has 204 valence electrons. The number of rotatable bonds is 3. The predicted octanol–water partition coefficient (Wildman–Crippen LogP) is 8.09. The molecule has 0 fully saturated rings. The van der Waals surface area contributed by atoms with Crippen LogP contribution in [0.5, 0.6) is 11.5 Å². The van der Waals surface area contributed by atoms with Gasteiger partial charge in [-0.3, -0.25) is 5.41 Å². The van der Waals surface area contributed by atoms with Crippen LogP contribution >= 0.6 is 11.8 Å². The zero-order valence-electron chi connectivity index (χ0n) is 23.3. The van der Waals surface area contributed by atoms with Crippen molar-refractivity contribution in [3.63, 3.8) is 0 Å². The van der Waals surface area contributed by atoms with Crippen LogP contribution in [0.25, 0.3) is 22.3 Å². The van der Waals surface area contributed by atoms with E-state index in [1.165, 1.54) is 34.0 Å². The minimum Gasteiger partial charge on any atom is -0.456 e. The molecule has 1 heterocycles. The van der Waals surface area contributed by atoms with Gasteiger partial charge in [0.25, 0.3) is 0 Å². The molecular weight excluding hydrogens is 545 g/mol. The smallest absolute Gasteiger partial charge is 0.245 e. The highest BCUT2D eigenvalue weighted by atomic mass is 32.2. The van der Waals surface area contributed by atoms with Gasteiger partial charge in [0.15, 0.2) is 0 Å². The van der Waals surface area contributed by atoms with Crippen molar-refractivity contribution in [2.24, 2.45) is 0 Å². The normalized spacial score (nSPS) is 13.3. The fraction of sp³-hybridized carbons (Fsp3) is 0.0256. The molecule has 0 radical (unpaired) electrons. The lowest BCUT2D eigenvalue weighted by Crippen LogP contribution is -2.38. The molecule has 0 atom stereocenters. The standard InChI is InChI=1S/C39H26N2OS/c40-37(26-11-2-1-3-12-26)43-38(41)27-23-21-25(22-24-27)28-15-10-19-34-36(28)42-35-20-9-8-18-33(35)39(34)31-16-6-4-13-29(31)30-14-5-7-17-32(30)39/h1-24,40-41H/p+1. The molecule has 0 bridgehead atoms. The first-order chi connectivity index (χ1) is 21.2. The van der Waals surface area contributed by atoms with Crippen LogP contribution in [0.15, 0.2) is 146 Å². The molecule has 0 unspecified atom stereocenters. The van der Waals surface area contributed by atoms with Gasteiger partial charge in [-0.25, -0.2) is 5.41 Å². The fourth-order valence-corrected chi connectivity index (χ4v) is 7.46. The molecule has 3 nitrogen and oxygen atoms in total. The third kappa shape index (κ3) is 3.84. The second-order valence-electron chi connectivity index (χ2n) is 10.9. The Morgan fingerprint density at radius 2 is 1.09 bits per heavy atom. The summed E-state index contributed by atoms with van der Waals surface area (Å²) < 4.78 is 6.80. The third-order valence-corrected chi connectivity index (χ3v) is 9.50. The monoisotopic (exact) mass is 571 g/mol. The number of hydrogen-bond donors (Lipinski definition) is 2. The molecule has 43 heavy (non-hydrogen) atoms. The maximum atomic E-state index is 8.48. The van der Waals surface area contributed by atoms with Crippen molar-refractivity contribution in [1.29, 1.82) is 5.41 Å². The summed E-state index contributed by atoms with van der Waals surface area (Å²) in [4.78, 5) is 0. The average Bonchev–Trinajstić information content (AvgIpc) is 3.36. The summed E-state index contributed by atoms with van der Waals surface area (Å²) in [7, 11) is 0. The molecule has 1 spiro atoms. The second kappa shape index (κ2) is 9.97. The highest BCUT2D eigenvalue weighted by Crippen LogP contribution is 2.63. The van der Waals surface area contributed by atoms with Gasteiger partial charge in [-0.15, -0.1) is 0 Å². The number of benzene rings is 6. The highest BCUT2D eigenvalue weighted by molar-refractivity contribution is 8.27. The van der Waals surface area contributed by atoms with Crippen LogP contribution in [0.2, 0.25) is 0 Å². The van der Waals surface area contributed by atoms with E-state index in [1.54, 1.807) is 0 Å². The Balaban J connectivity index is 1.25. The summed E-state index contributed by atoms with van der Waals surface area (Å²) >= 11 is 1.28. The summed E-state index contributed by atoms with van der Waals surface area (Å²) in [5, 5.41) is 16.0. The van der Waals surface area contributed by atoms with E-state index in [0.717, 1.165) is 44.9 Å². The highest BCUT2D eigenvalue weighted by Gasteiger charge is 2.51. The lowest BCUT2D eigenvalue weighted by atomic mass is 9.65. The molecule has 3 N–H and O–H groups in total. The van der Waals surface area contributed by atoms with Crippen molar-refractivity contribution in [3.05, 3.63) is 179 Å². The van der Waals surface area contributed by atoms with Crippen molar-refractivity contribution >= 4 is 21.8 Å². The summed E-state index contributed by atoms with van der Waals surface area (Å²) in [6, 6.07) is 50.4. The van der Waals surface area contributed by atoms with E-state index in [1.807, 2.05) is 48.5 Å². The van der Waals surface area contributed by atoms with Gasteiger partial charge in [-0.05, 0) is 57.8 Å². The second-order valence-corrected chi connectivity index (χ2v) is 11.9. The molecule has 4 heteroatoms. The Hall–Kier alpha value is -5.19. The largest absolute Gasteiger partial charge is 0.456 e. The first-order valence-electron chi connectivity index (χ1n) is 14.3. The minimum absolute atomic E-state index is 0.425. The third-order valence-electron chi connectivity index (χ3n) is 8.60. The van der Waals surface area contributed by atoms with Crippen LogP contribution < -0.4 is 10.1 Å². The van der Waals surface area contributed by atoms with Crippen molar-refractivity contribution in [2.75, 3.05) is 0 Å². The number of nitrogens with two attached hydrogens (primary N) is 1. The van der Waals surface area contributed by atoms with Crippen LogP contribution in [0.4, 0.5) is 0 Å². The lowest BCUT2D eigenvalue weighted by molar-refractivity contribution is -0.107. The molecule has 0 aromatic heterocycles. The summed E-state index contributed by atoms with van der Waals surface area (Å²) in [5.41, 5.74) is 10.7. The van der Waals surface area contributed by atoms with E-state index in [0.29, 0.717) is 10.1 Å². The molecule has 2 aliphatic rings. The van der Waals surface area contributed by atoms with Crippen LogP contribution in [0.1, 0.15) is 33.4 Å². The van der Waals surface area contributed by atoms with Gasteiger partial charge in [-0.1, -0.05) is 127 Å². The molecule has 1 aliphatic heterocycles. The zero-order valence-corrected chi connectivity index (χ0v) is 24.1. The summed E-state index contributed by atoms with van der Waals surface area (Å²) in [5.74, 6) is 1.75. The Labute approximate surface area is 254 Å². The number of ether oxygens (including phenoxy) is 1. The van der Waals surface area contributed by atoms with Gasteiger partial charge in [0.05, 0.1) is 11.0 Å². The number of thioether (sulfide) groups is 1. The van der Waals surface area contributed by atoms with Gasteiger partial charge in [0.1, 0.15) is 16.5 Å². The molecule has 0 amide bonds. The van der Waals surface area contributed by atoms with Crippen molar-refractivity contribution in [3.8, 4) is 33.8 Å². The molecule has 6 aromatic carbocycles. The predicted molar refractivity (Wildman–Crippen MR) is 176 cm³/mol. The maximum absolute atomic E-state index is 8.48. The Bertz CT molecular complexity index is 2020. The molecule has 6 aromatic rings. The van der Waals surface area contributed by atoms with E-state index in [2.05, 4.69) is 97.1 Å². The number of nitrogens with one attached hydrogen (secondary N) is 1. The van der Waals surface area contributed by atoms with Gasteiger partial charge < -0.3 is 4.74 Å². The summed E-state index contributed by atoms with van der Waals surface area (Å²) in [6.07, 6.45) is 0. The zero-order chi connectivity index (χ0) is 29.0. The first-order valence-corrected chi connectivity index (χ1v) is 15.1. The van der Waals surface area contributed by atoms with Crippen LogP contribution in [-0.2, 0) is 5.41 Å². The first kappa shape index (κ1) is 25.5. The number of para-hydroxylation sites is 2. The molecular formula is C39H27N2OS+. The maximum Gasteiger partial charge on any atom is 0.245 e. The van der Waals surface area contributed by atoms with E-state index in [-0.39, 0.29) is 0 Å². The quantitative estimate of drug-likeness (QED) is 0.166. The van der Waals surface area contributed by atoms with Gasteiger partial charge in [0.2, 0.25) is 5.04 Å². The molecule has 0 saturated heterocycles. The molecule has 8 rings (SSSR count). The average molecular weight is 572 g/mol.